The lowest BCUT2D eigenvalue weighted by atomic mass is 10.1. The molecule has 2 aliphatic heterocycles. The van der Waals surface area contributed by atoms with Crippen molar-refractivity contribution in [2.75, 3.05) is 11.5 Å². The van der Waals surface area contributed by atoms with Gasteiger partial charge in [-0.05, 0) is 6.08 Å². The van der Waals surface area contributed by atoms with Crippen LogP contribution in [0, 0.1) is 0 Å². The average molecular weight is 358 g/mol. The third kappa shape index (κ3) is 3.11. The van der Waals surface area contributed by atoms with Gasteiger partial charge in [-0.2, -0.15) is 13.2 Å². The maximum absolute atomic E-state index is 12.1. The fraction of sp³-hybridized carbons (Fsp3) is 0.500. The smallest absolute Gasteiger partial charge is 0.471 e. The van der Waals surface area contributed by atoms with E-state index in [1.54, 1.807) is 0 Å². The van der Waals surface area contributed by atoms with Crippen LogP contribution in [0.1, 0.15) is 0 Å². The average Bonchev–Trinajstić information content (AvgIpc) is 2.42. The SMILES string of the molecule is O=C(CS(=O)C(F)(F)F)NC1C(=O)N2C(C(=O)O)=CCS[C@H]12. The number of hydrogen-bond acceptors (Lipinski definition) is 5. The summed E-state index contributed by atoms with van der Waals surface area (Å²) in [5, 5.41) is 10.3. The standard InChI is InChI=1S/C10H9F3N2O5S2/c11-10(12,13)22(20)3-5(16)14-6-7(17)15-4(9(18)19)1-2-21-8(6)15/h1,6,8H,2-3H2,(H,14,16)(H,18,19)/t6?,8-,22?/m1/s1. The molecule has 22 heavy (non-hydrogen) atoms. The highest BCUT2D eigenvalue weighted by Gasteiger charge is 2.53. The number of carbonyl (C=O) groups is 3. The van der Waals surface area contributed by atoms with Gasteiger partial charge in [0.1, 0.15) is 33.7 Å². The van der Waals surface area contributed by atoms with Crippen LogP contribution in [0.3, 0.4) is 0 Å². The molecule has 1 fully saturated rings. The molecule has 0 aliphatic carbocycles. The molecule has 2 heterocycles. The lowest BCUT2D eigenvalue weighted by molar-refractivity contribution is -0.150. The first-order chi connectivity index (χ1) is 10.1. The van der Waals surface area contributed by atoms with Gasteiger partial charge in [0.2, 0.25) is 5.91 Å². The van der Waals surface area contributed by atoms with Crippen LogP contribution in [0.2, 0.25) is 0 Å². The number of alkyl halides is 3. The molecule has 0 aromatic heterocycles. The molecule has 0 radical (unpaired) electrons. The van der Waals surface area contributed by atoms with Crippen molar-refractivity contribution < 1.29 is 36.9 Å². The Morgan fingerprint density at radius 2 is 2.14 bits per heavy atom. The lowest BCUT2D eigenvalue weighted by Gasteiger charge is -2.48. The zero-order chi connectivity index (χ0) is 16.7. The number of carboxylic acid groups (broad SMARTS) is 1. The second kappa shape index (κ2) is 5.91. The number of fused-ring (bicyclic) bond motifs is 1. The molecule has 0 saturated carbocycles. The minimum Gasteiger partial charge on any atom is -0.477 e. The van der Waals surface area contributed by atoms with Crippen LogP contribution in [0.25, 0.3) is 0 Å². The molecule has 122 valence electrons. The summed E-state index contributed by atoms with van der Waals surface area (Å²) in [6.07, 6.45) is 1.33. The molecule has 0 aromatic rings. The Kier molecular flexibility index (Phi) is 4.52. The van der Waals surface area contributed by atoms with E-state index in [1.165, 1.54) is 6.08 Å². The highest BCUT2D eigenvalue weighted by molar-refractivity contribution is 8.00. The molecular formula is C10H9F3N2O5S2. The second-order valence-corrected chi connectivity index (χ2v) is 6.90. The minimum absolute atomic E-state index is 0.224. The molecule has 2 amide bonds. The number of aliphatic carboxylic acids is 1. The summed E-state index contributed by atoms with van der Waals surface area (Å²) < 4.78 is 47.1. The van der Waals surface area contributed by atoms with Crippen LogP contribution < -0.4 is 5.32 Å². The molecule has 0 aromatic carbocycles. The van der Waals surface area contributed by atoms with Crippen molar-refractivity contribution in [2.45, 2.75) is 16.9 Å². The number of carboxylic acids is 1. The van der Waals surface area contributed by atoms with Crippen LogP contribution in [0.5, 0.6) is 0 Å². The minimum atomic E-state index is -5.01. The van der Waals surface area contributed by atoms with Crippen molar-refractivity contribution in [3.8, 4) is 0 Å². The molecule has 0 bridgehead atoms. The van der Waals surface area contributed by atoms with Crippen LogP contribution in [-0.4, -0.2) is 60.4 Å². The number of β-lactam (4-membered cyclic amide) rings is 1. The van der Waals surface area contributed by atoms with Gasteiger partial charge in [0.25, 0.3) is 5.91 Å². The van der Waals surface area contributed by atoms with Crippen molar-refractivity contribution in [1.29, 1.82) is 0 Å². The Balaban J connectivity index is 1.98. The fourth-order valence-electron chi connectivity index (χ4n) is 1.95. The molecule has 2 aliphatic rings. The summed E-state index contributed by atoms with van der Waals surface area (Å²) in [5.41, 5.74) is -5.23. The maximum atomic E-state index is 12.1. The van der Waals surface area contributed by atoms with E-state index < -0.39 is 51.3 Å². The normalized spacial score (nSPS) is 25.7. The molecule has 2 N–H and O–H groups in total. The second-order valence-electron chi connectivity index (χ2n) is 4.31. The lowest BCUT2D eigenvalue weighted by Crippen LogP contribution is -2.70. The number of halogens is 3. The van der Waals surface area contributed by atoms with E-state index in [-0.39, 0.29) is 11.4 Å². The van der Waals surface area contributed by atoms with Crippen LogP contribution in [0.15, 0.2) is 11.8 Å². The van der Waals surface area contributed by atoms with E-state index >= 15 is 0 Å². The van der Waals surface area contributed by atoms with Gasteiger partial charge in [0.15, 0.2) is 0 Å². The monoisotopic (exact) mass is 358 g/mol. The third-order valence-corrected chi connectivity index (χ3v) is 5.13. The van der Waals surface area contributed by atoms with E-state index in [0.29, 0.717) is 0 Å². The zero-order valence-electron chi connectivity index (χ0n) is 10.6. The number of hydrogen-bond donors (Lipinski definition) is 2. The quantitative estimate of drug-likeness (QED) is 0.664. The van der Waals surface area contributed by atoms with Crippen LogP contribution in [-0.2, 0) is 25.2 Å². The van der Waals surface area contributed by atoms with Crippen molar-refractivity contribution >= 4 is 40.3 Å². The number of thioether (sulfide) groups is 1. The van der Waals surface area contributed by atoms with E-state index in [9.17, 15) is 31.8 Å². The van der Waals surface area contributed by atoms with Gasteiger partial charge < -0.3 is 10.4 Å². The Bertz CT molecular complexity index is 592. The largest absolute Gasteiger partial charge is 0.477 e. The molecular weight excluding hydrogens is 349 g/mol. The number of rotatable bonds is 4. The molecule has 2 rings (SSSR count). The third-order valence-electron chi connectivity index (χ3n) is 2.90. The predicted molar refractivity (Wildman–Crippen MR) is 69.8 cm³/mol. The molecule has 2 unspecified atom stereocenters. The first-order valence-electron chi connectivity index (χ1n) is 5.75. The first-order valence-corrected chi connectivity index (χ1v) is 8.12. The van der Waals surface area contributed by atoms with Gasteiger partial charge in [0, 0.05) is 5.75 Å². The molecule has 1 saturated heterocycles. The Labute approximate surface area is 128 Å². The summed E-state index contributed by atoms with van der Waals surface area (Å²) in [7, 11) is -3.35. The number of amides is 2. The topological polar surface area (TPSA) is 104 Å². The van der Waals surface area contributed by atoms with Gasteiger partial charge in [-0.25, -0.2) is 9.00 Å². The van der Waals surface area contributed by atoms with Crippen molar-refractivity contribution in [3.05, 3.63) is 11.8 Å². The van der Waals surface area contributed by atoms with E-state index in [2.05, 4.69) is 5.32 Å². The molecule has 12 heteroatoms. The van der Waals surface area contributed by atoms with Crippen LogP contribution >= 0.6 is 11.8 Å². The fourth-order valence-corrected chi connectivity index (χ4v) is 3.63. The Morgan fingerprint density at radius 3 is 2.68 bits per heavy atom. The van der Waals surface area contributed by atoms with Gasteiger partial charge in [0.05, 0.1) is 0 Å². The summed E-state index contributed by atoms with van der Waals surface area (Å²) in [6, 6.07) is -1.12. The maximum Gasteiger partial charge on any atom is 0.471 e. The highest BCUT2D eigenvalue weighted by atomic mass is 32.2. The molecule has 3 atom stereocenters. The Hall–Kier alpha value is -1.56. The summed E-state index contributed by atoms with van der Waals surface area (Å²) >= 11 is 1.16. The van der Waals surface area contributed by atoms with E-state index in [1.807, 2.05) is 0 Å². The van der Waals surface area contributed by atoms with Gasteiger partial charge in [-0.1, -0.05) is 0 Å². The first kappa shape index (κ1) is 16.8. The molecule has 7 nitrogen and oxygen atoms in total. The zero-order valence-corrected chi connectivity index (χ0v) is 12.3. The molecule has 0 spiro atoms. The van der Waals surface area contributed by atoms with E-state index in [4.69, 9.17) is 5.11 Å². The van der Waals surface area contributed by atoms with Gasteiger partial charge in [-0.3, -0.25) is 14.5 Å². The van der Waals surface area contributed by atoms with E-state index in [0.717, 1.165) is 16.7 Å². The van der Waals surface area contributed by atoms with Crippen LogP contribution in [0.4, 0.5) is 13.2 Å². The number of carbonyl (C=O) groups excluding carboxylic acids is 2. The summed E-state index contributed by atoms with van der Waals surface area (Å²) in [6.45, 7) is 0. The van der Waals surface area contributed by atoms with Crippen molar-refractivity contribution in [3.63, 3.8) is 0 Å². The summed E-state index contributed by atoms with van der Waals surface area (Å²) in [5.74, 6) is -4.22. The van der Waals surface area contributed by atoms with Crippen molar-refractivity contribution in [1.82, 2.24) is 10.2 Å². The highest BCUT2D eigenvalue weighted by Crippen LogP contribution is 2.37. The number of nitrogens with zero attached hydrogens (tertiary/aromatic N) is 1. The predicted octanol–water partition coefficient (Wildman–Crippen LogP) is -0.377. The van der Waals surface area contributed by atoms with Crippen molar-refractivity contribution in [2.24, 2.45) is 0 Å². The van der Waals surface area contributed by atoms with Gasteiger partial charge in [-0.15, -0.1) is 11.8 Å². The summed E-state index contributed by atoms with van der Waals surface area (Å²) in [4.78, 5) is 35.2. The van der Waals surface area contributed by atoms with Gasteiger partial charge >= 0.3 is 11.5 Å². The Morgan fingerprint density at radius 1 is 1.50 bits per heavy atom. The number of nitrogens with one attached hydrogen (secondary N) is 1.